The standard InChI is InChI=1S/C15H19FN2O2/c1-8-4-5-9(11(16)7-8)15(19)18-13-12(17)10-3-2-6-20-14(10)13/h4-5,7,10,12-14H,2-3,6,17H2,1H3,(H,18,19). The predicted octanol–water partition coefficient (Wildman–Crippen LogP) is 1.37. The number of nitrogens with two attached hydrogens (primary N) is 1. The maximum absolute atomic E-state index is 13.8. The normalized spacial score (nSPS) is 32.1. The molecule has 4 atom stereocenters. The zero-order chi connectivity index (χ0) is 14.3. The van der Waals surface area contributed by atoms with Crippen molar-refractivity contribution in [2.45, 2.75) is 38.0 Å². The van der Waals surface area contributed by atoms with Crippen LogP contribution in [-0.2, 0) is 4.74 Å². The van der Waals surface area contributed by atoms with Gasteiger partial charge in [0.05, 0.1) is 17.7 Å². The van der Waals surface area contributed by atoms with E-state index in [0.717, 1.165) is 18.4 Å². The van der Waals surface area contributed by atoms with Gasteiger partial charge in [0.25, 0.3) is 5.91 Å². The zero-order valence-electron chi connectivity index (χ0n) is 11.4. The molecular weight excluding hydrogens is 259 g/mol. The topological polar surface area (TPSA) is 64.4 Å². The molecule has 2 fully saturated rings. The number of halogens is 1. The van der Waals surface area contributed by atoms with Crippen molar-refractivity contribution in [1.82, 2.24) is 5.32 Å². The van der Waals surface area contributed by atoms with Crippen LogP contribution in [0, 0.1) is 18.7 Å². The quantitative estimate of drug-likeness (QED) is 0.858. The van der Waals surface area contributed by atoms with E-state index in [1.165, 1.54) is 12.1 Å². The molecule has 4 unspecified atom stereocenters. The Kier molecular flexibility index (Phi) is 3.48. The van der Waals surface area contributed by atoms with E-state index in [0.29, 0.717) is 12.5 Å². The lowest BCUT2D eigenvalue weighted by Gasteiger charge is -2.52. The van der Waals surface area contributed by atoms with Crippen molar-refractivity contribution in [3.63, 3.8) is 0 Å². The lowest BCUT2D eigenvalue weighted by molar-refractivity contribution is -0.117. The number of carbonyl (C=O) groups is 1. The van der Waals surface area contributed by atoms with Gasteiger partial charge in [-0.1, -0.05) is 6.07 Å². The Labute approximate surface area is 117 Å². The second kappa shape index (κ2) is 5.14. The molecule has 1 heterocycles. The minimum Gasteiger partial charge on any atom is -0.376 e. The third kappa shape index (κ3) is 2.21. The smallest absolute Gasteiger partial charge is 0.254 e. The van der Waals surface area contributed by atoms with Crippen LogP contribution in [0.5, 0.6) is 0 Å². The largest absolute Gasteiger partial charge is 0.376 e. The molecular formula is C15H19FN2O2. The first kappa shape index (κ1) is 13.5. The van der Waals surface area contributed by atoms with Crippen LogP contribution < -0.4 is 11.1 Å². The first-order valence-corrected chi connectivity index (χ1v) is 7.02. The van der Waals surface area contributed by atoms with Crippen LogP contribution in [0.15, 0.2) is 18.2 Å². The van der Waals surface area contributed by atoms with E-state index in [1.807, 2.05) is 0 Å². The number of rotatable bonds is 2. The molecule has 1 aromatic carbocycles. The van der Waals surface area contributed by atoms with Crippen LogP contribution in [0.1, 0.15) is 28.8 Å². The SMILES string of the molecule is Cc1ccc(C(=O)NC2C(N)C3CCCOC32)c(F)c1. The van der Waals surface area contributed by atoms with Gasteiger partial charge in [0.2, 0.25) is 0 Å². The minimum atomic E-state index is -0.503. The Morgan fingerprint density at radius 3 is 3.05 bits per heavy atom. The fourth-order valence-corrected chi connectivity index (χ4v) is 3.16. The summed E-state index contributed by atoms with van der Waals surface area (Å²) in [6.07, 6.45) is 2.04. The Bertz CT molecular complexity index is 535. The zero-order valence-corrected chi connectivity index (χ0v) is 11.4. The van der Waals surface area contributed by atoms with E-state index in [2.05, 4.69) is 5.32 Å². The van der Waals surface area contributed by atoms with Crippen LogP contribution in [0.2, 0.25) is 0 Å². The van der Waals surface area contributed by atoms with Gasteiger partial charge in [0, 0.05) is 18.6 Å². The lowest BCUT2D eigenvalue weighted by atomic mass is 9.68. The van der Waals surface area contributed by atoms with E-state index < -0.39 is 11.7 Å². The fourth-order valence-electron chi connectivity index (χ4n) is 3.16. The van der Waals surface area contributed by atoms with Gasteiger partial charge in [-0.2, -0.15) is 0 Å². The number of ether oxygens (including phenoxy) is 1. The highest BCUT2D eigenvalue weighted by molar-refractivity contribution is 5.94. The Balaban J connectivity index is 1.70. The van der Waals surface area contributed by atoms with Crippen molar-refractivity contribution in [2.75, 3.05) is 6.61 Å². The van der Waals surface area contributed by atoms with Crippen LogP contribution in [0.3, 0.4) is 0 Å². The molecule has 5 heteroatoms. The van der Waals surface area contributed by atoms with Crippen LogP contribution in [-0.4, -0.2) is 30.7 Å². The molecule has 1 saturated heterocycles. The summed E-state index contributed by atoms with van der Waals surface area (Å²) in [7, 11) is 0. The number of carbonyl (C=O) groups excluding carboxylic acids is 1. The van der Waals surface area contributed by atoms with Crippen molar-refractivity contribution in [2.24, 2.45) is 11.7 Å². The summed E-state index contributed by atoms with van der Waals surface area (Å²) in [5.41, 5.74) is 6.92. The van der Waals surface area contributed by atoms with E-state index in [4.69, 9.17) is 10.5 Å². The molecule has 4 nitrogen and oxygen atoms in total. The van der Waals surface area contributed by atoms with Gasteiger partial charge >= 0.3 is 0 Å². The molecule has 1 saturated carbocycles. The average molecular weight is 278 g/mol. The van der Waals surface area contributed by atoms with Crippen molar-refractivity contribution < 1.29 is 13.9 Å². The maximum atomic E-state index is 13.8. The number of hydrogen-bond acceptors (Lipinski definition) is 3. The van der Waals surface area contributed by atoms with Gasteiger partial charge in [-0.05, 0) is 37.5 Å². The van der Waals surface area contributed by atoms with Gasteiger partial charge < -0.3 is 15.8 Å². The second-order valence-corrected chi connectivity index (χ2v) is 5.70. The van der Waals surface area contributed by atoms with Crippen LogP contribution >= 0.6 is 0 Å². The lowest BCUT2D eigenvalue weighted by Crippen LogP contribution is -2.72. The summed E-state index contributed by atoms with van der Waals surface area (Å²) < 4.78 is 19.4. The average Bonchev–Trinajstić information content (AvgIpc) is 2.44. The van der Waals surface area contributed by atoms with E-state index in [1.54, 1.807) is 13.0 Å². The highest BCUT2D eigenvalue weighted by atomic mass is 19.1. The number of aryl methyl sites for hydroxylation is 1. The second-order valence-electron chi connectivity index (χ2n) is 5.70. The molecule has 3 rings (SSSR count). The summed E-state index contributed by atoms with van der Waals surface area (Å²) in [6.45, 7) is 2.49. The summed E-state index contributed by atoms with van der Waals surface area (Å²) in [5.74, 6) is -0.607. The van der Waals surface area contributed by atoms with Crippen LogP contribution in [0.25, 0.3) is 0 Å². The summed E-state index contributed by atoms with van der Waals surface area (Å²) in [5, 5.41) is 2.81. The molecule has 108 valence electrons. The van der Waals surface area contributed by atoms with E-state index in [9.17, 15) is 9.18 Å². The number of hydrogen-bond donors (Lipinski definition) is 2. The summed E-state index contributed by atoms with van der Waals surface area (Å²) in [6, 6.07) is 4.27. The van der Waals surface area contributed by atoms with Crippen LogP contribution in [0.4, 0.5) is 4.39 Å². The number of benzene rings is 1. The van der Waals surface area contributed by atoms with Crippen molar-refractivity contribution in [3.05, 3.63) is 35.1 Å². The molecule has 2 aliphatic rings. The predicted molar refractivity (Wildman–Crippen MR) is 72.8 cm³/mol. The maximum Gasteiger partial charge on any atom is 0.254 e. The van der Waals surface area contributed by atoms with Gasteiger partial charge in [0.15, 0.2) is 0 Å². The van der Waals surface area contributed by atoms with E-state index in [-0.39, 0.29) is 23.8 Å². The molecule has 0 bridgehead atoms. The van der Waals surface area contributed by atoms with Gasteiger partial charge in [0.1, 0.15) is 5.82 Å². The molecule has 20 heavy (non-hydrogen) atoms. The number of nitrogens with one attached hydrogen (secondary N) is 1. The van der Waals surface area contributed by atoms with Crippen molar-refractivity contribution in [3.8, 4) is 0 Å². The highest BCUT2D eigenvalue weighted by Gasteiger charge is 2.51. The third-order valence-electron chi connectivity index (χ3n) is 4.34. The molecule has 1 aromatic rings. The van der Waals surface area contributed by atoms with E-state index >= 15 is 0 Å². The van der Waals surface area contributed by atoms with Gasteiger partial charge in [-0.15, -0.1) is 0 Å². The Morgan fingerprint density at radius 2 is 2.30 bits per heavy atom. The molecule has 1 aliphatic heterocycles. The molecule has 0 radical (unpaired) electrons. The first-order valence-electron chi connectivity index (χ1n) is 7.02. The van der Waals surface area contributed by atoms with Crippen molar-refractivity contribution in [1.29, 1.82) is 0 Å². The fraction of sp³-hybridized carbons (Fsp3) is 0.533. The molecule has 1 aliphatic carbocycles. The Hall–Kier alpha value is -1.46. The summed E-state index contributed by atoms with van der Waals surface area (Å²) in [4.78, 5) is 12.1. The molecule has 1 amide bonds. The van der Waals surface area contributed by atoms with Gasteiger partial charge in [-0.3, -0.25) is 4.79 Å². The monoisotopic (exact) mass is 278 g/mol. The van der Waals surface area contributed by atoms with Crippen molar-refractivity contribution >= 4 is 5.91 Å². The highest BCUT2D eigenvalue weighted by Crippen LogP contribution is 2.37. The Morgan fingerprint density at radius 1 is 1.50 bits per heavy atom. The molecule has 0 aromatic heterocycles. The third-order valence-corrected chi connectivity index (χ3v) is 4.34. The first-order chi connectivity index (χ1) is 9.58. The molecule has 0 spiro atoms. The number of fused-ring (bicyclic) bond motifs is 1. The minimum absolute atomic E-state index is 0.0174. The van der Waals surface area contributed by atoms with Gasteiger partial charge in [-0.25, -0.2) is 4.39 Å². The number of amides is 1. The molecule has 3 N–H and O–H groups in total. The summed E-state index contributed by atoms with van der Waals surface area (Å²) >= 11 is 0.